The van der Waals surface area contributed by atoms with Gasteiger partial charge in [0.1, 0.15) is 0 Å². The van der Waals surface area contributed by atoms with Crippen LogP contribution in [0.3, 0.4) is 0 Å². The molecule has 1 nitrogen and oxygen atoms in total. The molecule has 0 radical (unpaired) electrons. The second-order valence-corrected chi connectivity index (χ2v) is 3.47. The summed E-state index contributed by atoms with van der Waals surface area (Å²) in [6.45, 7) is 4.55. The molecule has 0 bridgehead atoms. The number of unbranched alkanes of at least 4 members (excludes halogenated alkanes) is 8. The molecule has 0 amide bonds. The molecule has 0 aliphatic heterocycles. The monoisotopic (exact) mass is 173 g/mol. The lowest BCUT2D eigenvalue weighted by Crippen LogP contribution is -1.79. The zero-order chi connectivity index (χ0) is 8.36. The summed E-state index contributed by atoms with van der Waals surface area (Å²) >= 11 is 0. The Labute approximate surface area is 78.5 Å². The van der Waals surface area contributed by atoms with Crippen molar-refractivity contribution in [1.29, 1.82) is 0 Å². The molecule has 0 aliphatic rings. The molecule has 3 N–H and O–H groups in total. The minimum absolute atomic E-state index is 0. The fourth-order valence-corrected chi connectivity index (χ4v) is 1.38. The Morgan fingerprint density at radius 3 is 1.00 bits per heavy atom. The van der Waals surface area contributed by atoms with Gasteiger partial charge in [-0.15, -0.1) is 0 Å². The molecule has 0 aromatic carbocycles. The van der Waals surface area contributed by atoms with Crippen LogP contribution in [0.4, 0.5) is 0 Å². The van der Waals surface area contributed by atoms with E-state index in [2.05, 4.69) is 13.8 Å². The molecule has 0 aliphatic carbocycles. The van der Waals surface area contributed by atoms with Crippen molar-refractivity contribution in [1.82, 2.24) is 6.15 Å². The number of hydrogen-bond acceptors (Lipinski definition) is 1. The van der Waals surface area contributed by atoms with Crippen LogP contribution in [-0.4, -0.2) is 0 Å². The molecule has 0 fully saturated rings. The smallest absolute Gasteiger partial charge is 0.0533 e. The van der Waals surface area contributed by atoms with Gasteiger partial charge in [0.2, 0.25) is 0 Å². The van der Waals surface area contributed by atoms with E-state index in [0.29, 0.717) is 0 Å². The fraction of sp³-hybridized carbons (Fsp3) is 1.00. The van der Waals surface area contributed by atoms with Crippen LogP contribution >= 0.6 is 0 Å². The van der Waals surface area contributed by atoms with E-state index >= 15 is 0 Å². The third-order valence-electron chi connectivity index (χ3n) is 2.21. The molecule has 0 saturated heterocycles. The Hall–Kier alpha value is -0.0400. The van der Waals surface area contributed by atoms with Gasteiger partial charge in [0, 0.05) is 0 Å². The summed E-state index contributed by atoms with van der Waals surface area (Å²) < 4.78 is 0. The molecule has 76 valence electrons. The van der Waals surface area contributed by atoms with E-state index in [1.54, 1.807) is 0 Å². The first-order chi connectivity index (χ1) is 5.41. The van der Waals surface area contributed by atoms with Crippen molar-refractivity contribution >= 4 is 0 Å². The van der Waals surface area contributed by atoms with E-state index in [4.69, 9.17) is 0 Å². The van der Waals surface area contributed by atoms with Gasteiger partial charge in [0.25, 0.3) is 0 Å². The predicted molar refractivity (Wildman–Crippen MR) is 57.9 cm³/mol. The zero-order valence-electron chi connectivity index (χ0n) is 9.07. The summed E-state index contributed by atoms with van der Waals surface area (Å²) in [7, 11) is 0. The van der Waals surface area contributed by atoms with Crippen LogP contribution in [0.5, 0.6) is 0 Å². The van der Waals surface area contributed by atoms with E-state index in [-0.39, 0.29) is 6.15 Å². The lowest BCUT2D eigenvalue weighted by Gasteiger charge is -1.98. The molecule has 0 heterocycles. The lowest BCUT2D eigenvalue weighted by molar-refractivity contribution is 0.572. The minimum atomic E-state index is 0. The third kappa shape index (κ3) is 12.6. The van der Waals surface area contributed by atoms with E-state index in [1.165, 1.54) is 57.8 Å². The van der Waals surface area contributed by atoms with Gasteiger partial charge in [0.15, 0.2) is 0 Å². The molecule has 0 atom stereocenters. The summed E-state index contributed by atoms with van der Waals surface area (Å²) in [6.07, 6.45) is 13.0. The van der Waals surface area contributed by atoms with E-state index in [1.807, 2.05) is 0 Å². The molecule has 12 heavy (non-hydrogen) atoms. The molecule has 0 aromatic heterocycles. The van der Waals surface area contributed by atoms with Crippen molar-refractivity contribution in [3.63, 3.8) is 0 Å². The first-order valence-electron chi connectivity index (χ1n) is 5.41. The SMILES string of the molecule is CCCCCCCCCCC.N. The maximum atomic E-state index is 2.27. The Bertz CT molecular complexity index is 54.0. The molecule has 0 aromatic rings. The maximum Gasteiger partial charge on any atom is -0.0533 e. The van der Waals surface area contributed by atoms with E-state index in [9.17, 15) is 0 Å². The Morgan fingerprint density at radius 1 is 0.500 bits per heavy atom. The Balaban J connectivity index is 0. The summed E-state index contributed by atoms with van der Waals surface area (Å²) in [6, 6.07) is 0. The quantitative estimate of drug-likeness (QED) is 0.530. The molecule has 0 spiro atoms. The van der Waals surface area contributed by atoms with Gasteiger partial charge >= 0.3 is 0 Å². The topological polar surface area (TPSA) is 35.0 Å². The standard InChI is InChI=1S/C11H24.H3N/c1-3-5-7-9-11-10-8-6-4-2;/h3-11H2,1-2H3;1H3. The first-order valence-corrected chi connectivity index (χ1v) is 5.41. The van der Waals surface area contributed by atoms with Crippen LogP contribution < -0.4 is 6.15 Å². The predicted octanol–water partition coefficient (Wildman–Crippen LogP) is 4.70. The normalized spacial score (nSPS) is 9.50. The first kappa shape index (κ1) is 14.5. The van der Waals surface area contributed by atoms with Crippen molar-refractivity contribution in [3.8, 4) is 0 Å². The third-order valence-corrected chi connectivity index (χ3v) is 2.21. The molecule has 0 unspecified atom stereocenters. The highest BCUT2D eigenvalue weighted by Gasteiger charge is 1.88. The van der Waals surface area contributed by atoms with Crippen molar-refractivity contribution in [2.75, 3.05) is 0 Å². The van der Waals surface area contributed by atoms with Gasteiger partial charge in [-0.1, -0.05) is 71.6 Å². The zero-order valence-corrected chi connectivity index (χ0v) is 9.07. The van der Waals surface area contributed by atoms with Crippen molar-refractivity contribution < 1.29 is 0 Å². The molecule has 0 rings (SSSR count). The van der Waals surface area contributed by atoms with Crippen LogP contribution in [0, 0.1) is 0 Å². The van der Waals surface area contributed by atoms with Gasteiger partial charge in [0.05, 0.1) is 0 Å². The molecule has 0 saturated carbocycles. The van der Waals surface area contributed by atoms with Crippen molar-refractivity contribution in [2.45, 2.75) is 71.6 Å². The maximum absolute atomic E-state index is 2.27. The van der Waals surface area contributed by atoms with Crippen LogP contribution in [0.1, 0.15) is 71.6 Å². The molecular weight excluding hydrogens is 146 g/mol. The lowest BCUT2D eigenvalue weighted by atomic mass is 10.1. The highest BCUT2D eigenvalue weighted by Crippen LogP contribution is 2.08. The summed E-state index contributed by atoms with van der Waals surface area (Å²) in [5.41, 5.74) is 0. The van der Waals surface area contributed by atoms with Crippen LogP contribution in [0.15, 0.2) is 0 Å². The van der Waals surface area contributed by atoms with Gasteiger partial charge in [-0.25, -0.2) is 0 Å². The van der Waals surface area contributed by atoms with E-state index < -0.39 is 0 Å². The van der Waals surface area contributed by atoms with Crippen LogP contribution in [0.2, 0.25) is 0 Å². The number of rotatable bonds is 8. The average molecular weight is 173 g/mol. The van der Waals surface area contributed by atoms with Gasteiger partial charge in [-0.05, 0) is 0 Å². The molecular formula is C11H27N. The highest BCUT2D eigenvalue weighted by atomic mass is 14.0. The Kier molecular flexibility index (Phi) is 16.3. The Morgan fingerprint density at radius 2 is 0.750 bits per heavy atom. The largest absolute Gasteiger partial charge is 0.344 e. The van der Waals surface area contributed by atoms with Gasteiger partial charge in [-0.3, -0.25) is 0 Å². The second kappa shape index (κ2) is 13.5. The summed E-state index contributed by atoms with van der Waals surface area (Å²) in [5.74, 6) is 0. The van der Waals surface area contributed by atoms with Crippen LogP contribution in [0.25, 0.3) is 0 Å². The van der Waals surface area contributed by atoms with Gasteiger partial charge < -0.3 is 6.15 Å². The number of hydrogen-bond donors (Lipinski definition) is 1. The van der Waals surface area contributed by atoms with Crippen molar-refractivity contribution in [3.05, 3.63) is 0 Å². The second-order valence-electron chi connectivity index (χ2n) is 3.47. The minimum Gasteiger partial charge on any atom is -0.344 e. The highest BCUT2D eigenvalue weighted by molar-refractivity contribution is 4.44. The van der Waals surface area contributed by atoms with Crippen molar-refractivity contribution in [2.24, 2.45) is 0 Å². The summed E-state index contributed by atoms with van der Waals surface area (Å²) in [5, 5.41) is 0. The van der Waals surface area contributed by atoms with Gasteiger partial charge in [-0.2, -0.15) is 0 Å². The fourth-order valence-electron chi connectivity index (χ4n) is 1.38. The van der Waals surface area contributed by atoms with Crippen LogP contribution in [-0.2, 0) is 0 Å². The molecule has 1 heteroatoms. The average Bonchev–Trinajstić information content (AvgIpc) is 2.03. The summed E-state index contributed by atoms with van der Waals surface area (Å²) in [4.78, 5) is 0. The van der Waals surface area contributed by atoms with E-state index in [0.717, 1.165) is 0 Å².